The molecule has 0 saturated carbocycles. The van der Waals surface area contributed by atoms with Crippen LogP contribution in [0.1, 0.15) is 33.5 Å². The zero-order valence-electron chi connectivity index (χ0n) is 10.1. The summed E-state index contributed by atoms with van der Waals surface area (Å²) in [5.41, 5.74) is 4.10. The SMILES string of the molecule is CCc1csc(C(=O)C2=CCc3ccccc32)n1. The number of ketones is 1. The van der Waals surface area contributed by atoms with Gasteiger partial charge in [-0.25, -0.2) is 4.98 Å². The van der Waals surface area contributed by atoms with Crippen molar-refractivity contribution in [2.45, 2.75) is 19.8 Å². The molecule has 0 fully saturated rings. The van der Waals surface area contributed by atoms with E-state index in [4.69, 9.17) is 0 Å². The second kappa shape index (κ2) is 4.50. The van der Waals surface area contributed by atoms with Gasteiger partial charge < -0.3 is 0 Å². The molecule has 1 aliphatic carbocycles. The second-order valence-corrected chi connectivity index (χ2v) is 5.16. The number of fused-ring (bicyclic) bond motifs is 1. The van der Waals surface area contributed by atoms with E-state index in [0.29, 0.717) is 5.01 Å². The summed E-state index contributed by atoms with van der Waals surface area (Å²) in [5.74, 6) is 0.0599. The first-order chi connectivity index (χ1) is 8.79. The summed E-state index contributed by atoms with van der Waals surface area (Å²) in [6.07, 6.45) is 3.74. The third-order valence-corrected chi connectivity index (χ3v) is 4.08. The van der Waals surface area contributed by atoms with E-state index in [0.717, 1.165) is 29.7 Å². The van der Waals surface area contributed by atoms with Gasteiger partial charge in [0.15, 0.2) is 5.01 Å². The van der Waals surface area contributed by atoms with Crippen LogP contribution in [0.25, 0.3) is 5.57 Å². The minimum Gasteiger partial charge on any atom is -0.286 e. The third kappa shape index (κ3) is 1.81. The highest BCUT2D eigenvalue weighted by molar-refractivity contribution is 7.12. The lowest BCUT2D eigenvalue weighted by Gasteiger charge is -2.02. The van der Waals surface area contributed by atoms with Crippen molar-refractivity contribution < 1.29 is 4.79 Å². The molecule has 2 nitrogen and oxygen atoms in total. The molecule has 0 bridgehead atoms. The molecule has 1 heterocycles. The number of allylic oxidation sites excluding steroid dienone is 2. The Morgan fingerprint density at radius 2 is 2.22 bits per heavy atom. The van der Waals surface area contributed by atoms with Gasteiger partial charge >= 0.3 is 0 Å². The van der Waals surface area contributed by atoms with Gasteiger partial charge in [0.25, 0.3) is 0 Å². The molecule has 0 atom stereocenters. The standard InChI is InChI=1S/C15H13NOS/c1-2-11-9-18-15(16-11)14(17)13-8-7-10-5-3-4-6-12(10)13/h3-6,8-9H,2,7H2,1H3. The number of hydrogen-bond donors (Lipinski definition) is 0. The molecule has 2 aromatic rings. The molecule has 3 heteroatoms. The molecule has 0 unspecified atom stereocenters. The molecule has 0 aliphatic heterocycles. The fraction of sp³-hybridized carbons (Fsp3) is 0.200. The van der Waals surface area contributed by atoms with Gasteiger partial charge in [-0.3, -0.25) is 4.79 Å². The Hall–Kier alpha value is -1.74. The lowest BCUT2D eigenvalue weighted by Crippen LogP contribution is -2.01. The Kier molecular flexibility index (Phi) is 2.84. The van der Waals surface area contributed by atoms with Crippen LogP contribution in [0, 0.1) is 0 Å². The molecule has 1 aliphatic rings. The molecule has 1 aromatic heterocycles. The van der Waals surface area contributed by atoms with E-state index in [1.807, 2.05) is 36.6 Å². The summed E-state index contributed by atoms with van der Waals surface area (Å²) in [5, 5.41) is 2.57. The van der Waals surface area contributed by atoms with Gasteiger partial charge in [0.05, 0.1) is 5.69 Å². The number of aromatic nitrogens is 1. The maximum Gasteiger partial charge on any atom is 0.221 e. The van der Waals surface area contributed by atoms with Crippen molar-refractivity contribution in [3.05, 3.63) is 57.6 Å². The number of nitrogens with zero attached hydrogens (tertiary/aromatic N) is 1. The normalized spacial score (nSPS) is 13.3. The maximum atomic E-state index is 12.4. The Bertz CT molecular complexity index is 639. The fourth-order valence-corrected chi connectivity index (χ4v) is 3.04. The van der Waals surface area contributed by atoms with Crippen LogP contribution >= 0.6 is 11.3 Å². The van der Waals surface area contributed by atoms with Crippen LogP contribution < -0.4 is 0 Å². The van der Waals surface area contributed by atoms with Crippen LogP contribution in [0.5, 0.6) is 0 Å². The number of thiazole rings is 1. The predicted molar refractivity (Wildman–Crippen MR) is 73.9 cm³/mol. The summed E-state index contributed by atoms with van der Waals surface area (Å²) in [6, 6.07) is 8.08. The van der Waals surface area contributed by atoms with Gasteiger partial charge in [0.1, 0.15) is 0 Å². The molecule has 0 N–H and O–H groups in total. The van der Waals surface area contributed by atoms with E-state index >= 15 is 0 Å². The molecule has 90 valence electrons. The molecular weight excluding hydrogens is 242 g/mol. The van der Waals surface area contributed by atoms with Gasteiger partial charge in [-0.15, -0.1) is 11.3 Å². The van der Waals surface area contributed by atoms with Crippen molar-refractivity contribution >= 4 is 22.7 Å². The van der Waals surface area contributed by atoms with Gasteiger partial charge in [-0.2, -0.15) is 0 Å². The molecule has 0 amide bonds. The van der Waals surface area contributed by atoms with E-state index in [2.05, 4.69) is 11.1 Å². The van der Waals surface area contributed by atoms with Crippen LogP contribution in [0.15, 0.2) is 35.7 Å². The first-order valence-electron chi connectivity index (χ1n) is 6.07. The lowest BCUT2D eigenvalue weighted by molar-refractivity contribution is 0.105. The number of carbonyl (C=O) groups is 1. The number of carbonyl (C=O) groups excluding carboxylic acids is 1. The minimum absolute atomic E-state index is 0.0599. The minimum atomic E-state index is 0.0599. The molecule has 1 aromatic carbocycles. The number of hydrogen-bond acceptors (Lipinski definition) is 3. The highest BCUT2D eigenvalue weighted by Crippen LogP contribution is 2.30. The number of benzene rings is 1. The van der Waals surface area contributed by atoms with E-state index < -0.39 is 0 Å². The van der Waals surface area contributed by atoms with Crippen molar-refractivity contribution in [1.29, 1.82) is 0 Å². The number of aryl methyl sites for hydroxylation is 1. The van der Waals surface area contributed by atoms with Gasteiger partial charge in [-0.1, -0.05) is 37.3 Å². The first kappa shape index (κ1) is 11.4. The zero-order valence-corrected chi connectivity index (χ0v) is 11.0. The summed E-state index contributed by atoms with van der Waals surface area (Å²) in [4.78, 5) is 16.8. The van der Waals surface area contributed by atoms with E-state index in [1.165, 1.54) is 16.9 Å². The zero-order chi connectivity index (χ0) is 12.5. The van der Waals surface area contributed by atoms with Gasteiger partial charge in [0, 0.05) is 11.0 Å². The highest BCUT2D eigenvalue weighted by atomic mass is 32.1. The third-order valence-electron chi connectivity index (χ3n) is 3.19. The molecule has 0 saturated heterocycles. The van der Waals surface area contributed by atoms with Gasteiger partial charge in [-0.05, 0) is 24.0 Å². The molecule has 18 heavy (non-hydrogen) atoms. The average Bonchev–Trinajstić information content (AvgIpc) is 3.04. The monoisotopic (exact) mass is 255 g/mol. The summed E-state index contributed by atoms with van der Waals surface area (Å²) < 4.78 is 0. The lowest BCUT2D eigenvalue weighted by atomic mass is 10.0. The average molecular weight is 255 g/mol. The van der Waals surface area contributed by atoms with Crippen molar-refractivity contribution in [1.82, 2.24) is 4.98 Å². The van der Waals surface area contributed by atoms with E-state index in [1.54, 1.807) is 0 Å². The van der Waals surface area contributed by atoms with Gasteiger partial charge in [0.2, 0.25) is 5.78 Å². The predicted octanol–water partition coefficient (Wildman–Crippen LogP) is 3.53. The Morgan fingerprint density at radius 3 is 3.00 bits per heavy atom. The Balaban J connectivity index is 1.95. The van der Waals surface area contributed by atoms with Crippen LogP contribution in [0.2, 0.25) is 0 Å². The van der Waals surface area contributed by atoms with Crippen molar-refractivity contribution in [3.8, 4) is 0 Å². The molecular formula is C15H13NOS. The van der Waals surface area contributed by atoms with E-state index in [9.17, 15) is 4.79 Å². The smallest absolute Gasteiger partial charge is 0.221 e. The van der Waals surface area contributed by atoms with Crippen molar-refractivity contribution in [3.63, 3.8) is 0 Å². The first-order valence-corrected chi connectivity index (χ1v) is 6.95. The molecule has 0 spiro atoms. The van der Waals surface area contributed by atoms with Crippen LogP contribution in [0.3, 0.4) is 0 Å². The van der Waals surface area contributed by atoms with Crippen molar-refractivity contribution in [2.75, 3.05) is 0 Å². The summed E-state index contributed by atoms with van der Waals surface area (Å²) >= 11 is 1.44. The largest absolute Gasteiger partial charge is 0.286 e. The van der Waals surface area contributed by atoms with Crippen LogP contribution in [-0.4, -0.2) is 10.8 Å². The fourth-order valence-electron chi connectivity index (χ4n) is 2.19. The van der Waals surface area contributed by atoms with Crippen LogP contribution in [-0.2, 0) is 12.8 Å². The Labute approximate surface area is 110 Å². The summed E-state index contributed by atoms with van der Waals surface area (Å²) in [6.45, 7) is 2.05. The maximum absolute atomic E-state index is 12.4. The van der Waals surface area contributed by atoms with E-state index in [-0.39, 0.29) is 5.78 Å². The number of Topliss-reactive ketones (excluding diaryl/α,β-unsaturated/α-hetero) is 1. The summed E-state index contributed by atoms with van der Waals surface area (Å²) in [7, 11) is 0. The second-order valence-electron chi connectivity index (χ2n) is 4.31. The molecule has 0 radical (unpaired) electrons. The van der Waals surface area contributed by atoms with Crippen molar-refractivity contribution in [2.24, 2.45) is 0 Å². The highest BCUT2D eigenvalue weighted by Gasteiger charge is 2.22. The Morgan fingerprint density at radius 1 is 1.39 bits per heavy atom. The topological polar surface area (TPSA) is 30.0 Å². The molecule has 3 rings (SSSR count). The quantitative estimate of drug-likeness (QED) is 0.785. The van der Waals surface area contributed by atoms with Crippen LogP contribution in [0.4, 0.5) is 0 Å². The number of rotatable bonds is 3.